The van der Waals surface area contributed by atoms with Gasteiger partial charge in [0.2, 0.25) is 5.88 Å². The number of piperazine rings is 1. The Bertz CT molecular complexity index is 1420. The highest BCUT2D eigenvalue weighted by Gasteiger charge is 2.28. The second kappa shape index (κ2) is 9.15. The Labute approximate surface area is 216 Å². The Morgan fingerprint density at radius 2 is 1.64 bits per heavy atom. The van der Waals surface area contributed by atoms with Gasteiger partial charge in [0.15, 0.2) is 0 Å². The molecule has 0 bridgehead atoms. The lowest BCUT2D eigenvalue weighted by Gasteiger charge is -2.34. The molecule has 4 aromatic rings. The predicted molar refractivity (Wildman–Crippen MR) is 148 cm³/mol. The van der Waals surface area contributed by atoms with E-state index in [2.05, 4.69) is 75.1 Å². The van der Waals surface area contributed by atoms with Gasteiger partial charge in [0.1, 0.15) is 0 Å². The first-order chi connectivity index (χ1) is 17.5. The summed E-state index contributed by atoms with van der Waals surface area (Å²) in [6.07, 6.45) is 3.81. The molecule has 0 spiro atoms. The van der Waals surface area contributed by atoms with Gasteiger partial charge in [-0.1, -0.05) is 17.7 Å². The number of hydrogen-bond donors (Lipinski definition) is 0. The SMILES string of the molecule is COc1ccc(-c2ccc3ncc4c(c3c2)N(c2ccc(N3CCN(C)CC3)c(Cl)c2)CN4C)cn1. The number of pyridine rings is 2. The maximum atomic E-state index is 6.86. The molecule has 184 valence electrons. The minimum atomic E-state index is 0.604. The average molecular weight is 501 g/mol. The number of benzene rings is 2. The molecule has 0 radical (unpaired) electrons. The second-order valence-corrected chi connectivity index (χ2v) is 9.91. The average Bonchev–Trinajstić information content (AvgIpc) is 3.26. The molecule has 2 aliphatic heterocycles. The zero-order valence-corrected chi connectivity index (χ0v) is 21.5. The number of methoxy groups -OCH3 is 1. The molecular formula is C28H29ClN6O. The van der Waals surface area contributed by atoms with E-state index in [1.165, 1.54) is 0 Å². The summed E-state index contributed by atoms with van der Waals surface area (Å²) >= 11 is 6.86. The largest absolute Gasteiger partial charge is 0.481 e. The van der Waals surface area contributed by atoms with E-state index in [0.717, 1.165) is 82.6 Å². The van der Waals surface area contributed by atoms with Crippen LogP contribution < -0.4 is 19.4 Å². The second-order valence-electron chi connectivity index (χ2n) is 9.51. The number of hydrogen-bond acceptors (Lipinski definition) is 7. The van der Waals surface area contributed by atoms with E-state index in [9.17, 15) is 0 Å². The lowest BCUT2D eigenvalue weighted by molar-refractivity contribution is 0.313. The van der Waals surface area contributed by atoms with Gasteiger partial charge in [0.05, 0.1) is 47.6 Å². The van der Waals surface area contributed by atoms with Crippen LogP contribution in [0, 0.1) is 0 Å². The fourth-order valence-electron chi connectivity index (χ4n) is 5.12. The van der Waals surface area contributed by atoms with Crippen LogP contribution in [-0.4, -0.2) is 68.9 Å². The van der Waals surface area contributed by atoms with Crippen molar-refractivity contribution in [3.05, 3.63) is 65.9 Å². The smallest absolute Gasteiger partial charge is 0.212 e. The molecule has 0 unspecified atom stereocenters. The van der Waals surface area contributed by atoms with Crippen LogP contribution in [0.5, 0.6) is 5.88 Å². The first-order valence-electron chi connectivity index (χ1n) is 12.2. The van der Waals surface area contributed by atoms with E-state index in [1.807, 2.05) is 24.5 Å². The van der Waals surface area contributed by atoms with E-state index in [4.69, 9.17) is 21.3 Å². The van der Waals surface area contributed by atoms with Crippen molar-refractivity contribution in [1.82, 2.24) is 14.9 Å². The molecule has 6 rings (SSSR count). The van der Waals surface area contributed by atoms with Crippen LogP contribution in [0.4, 0.5) is 22.7 Å². The lowest BCUT2D eigenvalue weighted by Crippen LogP contribution is -2.44. The van der Waals surface area contributed by atoms with Crippen molar-refractivity contribution in [2.45, 2.75) is 0 Å². The third-order valence-corrected chi connectivity index (χ3v) is 7.52. The van der Waals surface area contributed by atoms with Crippen molar-refractivity contribution in [3.63, 3.8) is 0 Å². The van der Waals surface area contributed by atoms with Crippen molar-refractivity contribution in [2.24, 2.45) is 0 Å². The molecule has 1 saturated heterocycles. The molecule has 4 heterocycles. The molecule has 2 aliphatic rings. The number of aromatic nitrogens is 2. The van der Waals surface area contributed by atoms with Gasteiger partial charge in [-0.05, 0) is 49.0 Å². The quantitative estimate of drug-likeness (QED) is 0.379. The lowest BCUT2D eigenvalue weighted by atomic mass is 10.0. The fraction of sp³-hybridized carbons (Fsp3) is 0.286. The topological polar surface area (TPSA) is 48.0 Å². The van der Waals surface area contributed by atoms with Crippen molar-refractivity contribution < 1.29 is 4.74 Å². The van der Waals surface area contributed by atoms with Crippen LogP contribution in [0.15, 0.2) is 60.9 Å². The highest BCUT2D eigenvalue weighted by atomic mass is 35.5. The van der Waals surface area contributed by atoms with Crippen molar-refractivity contribution in [1.29, 1.82) is 0 Å². The summed E-state index contributed by atoms with van der Waals surface area (Å²) < 4.78 is 5.22. The number of anilines is 4. The maximum absolute atomic E-state index is 6.86. The number of likely N-dealkylation sites (N-methyl/N-ethyl adjacent to an activating group) is 1. The van der Waals surface area contributed by atoms with E-state index in [0.29, 0.717) is 5.88 Å². The first-order valence-corrected chi connectivity index (χ1v) is 12.5. The Kier molecular flexibility index (Phi) is 5.82. The van der Waals surface area contributed by atoms with Gasteiger partial charge in [0, 0.05) is 62.1 Å². The van der Waals surface area contributed by atoms with Crippen LogP contribution in [0.2, 0.25) is 5.02 Å². The summed E-state index contributed by atoms with van der Waals surface area (Å²) in [6.45, 7) is 4.81. The van der Waals surface area contributed by atoms with Gasteiger partial charge in [-0.2, -0.15) is 0 Å². The number of nitrogens with zero attached hydrogens (tertiary/aromatic N) is 6. The summed E-state index contributed by atoms with van der Waals surface area (Å²) in [4.78, 5) is 18.4. The van der Waals surface area contributed by atoms with Gasteiger partial charge in [0.25, 0.3) is 0 Å². The van der Waals surface area contributed by atoms with Gasteiger partial charge in [-0.25, -0.2) is 4.98 Å². The summed E-state index contributed by atoms with van der Waals surface area (Å²) in [7, 11) is 5.89. The summed E-state index contributed by atoms with van der Waals surface area (Å²) in [6, 6.07) is 16.7. The summed E-state index contributed by atoms with van der Waals surface area (Å²) in [5.74, 6) is 0.604. The molecule has 8 heteroatoms. The molecule has 0 aliphatic carbocycles. The maximum Gasteiger partial charge on any atom is 0.212 e. The summed E-state index contributed by atoms with van der Waals surface area (Å²) in [5.41, 5.74) is 7.52. The van der Waals surface area contributed by atoms with Gasteiger partial charge >= 0.3 is 0 Å². The molecule has 1 fully saturated rings. The fourth-order valence-corrected chi connectivity index (χ4v) is 5.41. The highest BCUT2D eigenvalue weighted by Crippen LogP contribution is 2.46. The Hall–Kier alpha value is -3.55. The molecule has 0 amide bonds. The minimum absolute atomic E-state index is 0.604. The van der Waals surface area contributed by atoms with Crippen LogP contribution in [0.3, 0.4) is 0 Å². The van der Waals surface area contributed by atoms with Crippen molar-refractivity contribution in [2.75, 3.05) is 68.8 Å². The number of fused-ring (bicyclic) bond motifs is 3. The Balaban J connectivity index is 1.40. The molecule has 36 heavy (non-hydrogen) atoms. The van der Waals surface area contributed by atoms with Crippen LogP contribution in [0.1, 0.15) is 0 Å². The monoisotopic (exact) mass is 500 g/mol. The molecule has 0 atom stereocenters. The van der Waals surface area contributed by atoms with Gasteiger partial charge in [-0.15, -0.1) is 0 Å². The van der Waals surface area contributed by atoms with E-state index >= 15 is 0 Å². The zero-order valence-electron chi connectivity index (χ0n) is 20.8. The third-order valence-electron chi connectivity index (χ3n) is 7.22. The predicted octanol–water partition coefficient (Wildman–Crippen LogP) is 5.26. The zero-order chi connectivity index (χ0) is 24.8. The standard InChI is InChI=1S/C28H29ClN6O/c1-32-10-12-34(13-11-32)25-8-6-21(15-23(25)29)35-18-33(2)26-17-30-24-7-4-19(14-22(24)28(26)35)20-5-9-27(36-3)31-16-20/h4-9,14-17H,10-13,18H2,1-3H3. The normalized spacial score (nSPS) is 16.1. The van der Waals surface area contributed by atoms with E-state index < -0.39 is 0 Å². The van der Waals surface area contributed by atoms with E-state index in [-0.39, 0.29) is 0 Å². The van der Waals surface area contributed by atoms with Crippen LogP contribution >= 0.6 is 11.6 Å². The number of rotatable bonds is 4. The number of ether oxygens (including phenoxy) is 1. The summed E-state index contributed by atoms with van der Waals surface area (Å²) in [5, 5.41) is 1.89. The van der Waals surface area contributed by atoms with Crippen molar-refractivity contribution in [3.8, 4) is 17.0 Å². The van der Waals surface area contributed by atoms with Gasteiger partial charge < -0.3 is 24.3 Å². The van der Waals surface area contributed by atoms with Crippen LogP contribution in [-0.2, 0) is 0 Å². The van der Waals surface area contributed by atoms with E-state index in [1.54, 1.807) is 7.11 Å². The molecule has 0 N–H and O–H groups in total. The minimum Gasteiger partial charge on any atom is -0.481 e. The molecule has 2 aromatic carbocycles. The van der Waals surface area contributed by atoms with Gasteiger partial charge in [-0.3, -0.25) is 4.98 Å². The van der Waals surface area contributed by atoms with Crippen LogP contribution in [0.25, 0.3) is 22.0 Å². The Morgan fingerprint density at radius 3 is 2.36 bits per heavy atom. The van der Waals surface area contributed by atoms with Crippen molar-refractivity contribution >= 4 is 45.3 Å². The molecule has 7 nitrogen and oxygen atoms in total. The third kappa shape index (κ3) is 3.98. The highest BCUT2D eigenvalue weighted by molar-refractivity contribution is 6.33. The molecular weight excluding hydrogens is 472 g/mol. The molecule has 0 saturated carbocycles. The first kappa shape index (κ1) is 22.9. The Morgan fingerprint density at radius 1 is 0.833 bits per heavy atom. The molecule has 2 aromatic heterocycles. The number of halogens is 1.